The van der Waals surface area contributed by atoms with E-state index in [2.05, 4.69) is 22.5 Å². The predicted molar refractivity (Wildman–Crippen MR) is 94.0 cm³/mol. The van der Waals surface area contributed by atoms with E-state index in [4.69, 9.17) is 0 Å². The van der Waals surface area contributed by atoms with E-state index in [0.717, 1.165) is 41.4 Å². The lowest BCUT2D eigenvalue weighted by atomic mass is 10.0. The Balaban J connectivity index is 1.94. The second kappa shape index (κ2) is 6.99. The highest BCUT2D eigenvalue weighted by molar-refractivity contribution is 6.07. The zero-order valence-electron chi connectivity index (χ0n) is 14.2. The second-order valence-corrected chi connectivity index (χ2v) is 6.33. The summed E-state index contributed by atoms with van der Waals surface area (Å²) < 4.78 is 0. The molecule has 3 rings (SSSR count). The van der Waals surface area contributed by atoms with Gasteiger partial charge in [0.25, 0.3) is 5.91 Å². The third-order valence-electron chi connectivity index (χ3n) is 4.49. The number of hydrogen-bond acceptors (Lipinski definition) is 3. The van der Waals surface area contributed by atoms with Gasteiger partial charge in [0.05, 0.1) is 11.1 Å². The Morgan fingerprint density at radius 1 is 1.33 bits per heavy atom. The van der Waals surface area contributed by atoms with Gasteiger partial charge < -0.3 is 10.6 Å². The standard InChI is InChI=1S/C19H23N3O2/c1-3-13-7-8-16-14(11-13)15(10-12(2)21-16)18(23)22-17-6-4-5-9-20-19(17)24/h7-8,10-11,17H,3-6,9H2,1-2H3,(H,20,24)(H,22,23)/t17-/m0/s1. The molecule has 126 valence electrons. The Hall–Kier alpha value is -2.43. The number of fused-ring (bicyclic) bond motifs is 1. The van der Waals surface area contributed by atoms with Crippen LogP contribution >= 0.6 is 0 Å². The average Bonchev–Trinajstić information content (AvgIpc) is 2.78. The van der Waals surface area contributed by atoms with Crippen LogP contribution in [-0.4, -0.2) is 29.4 Å². The summed E-state index contributed by atoms with van der Waals surface area (Å²) in [5.41, 5.74) is 3.35. The van der Waals surface area contributed by atoms with Crippen LogP contribution in [0.2, 0.25) is 0 Å². The van der Waals surface area contributed by atoms with Crippen LogP contribution in [0, 0.1) is 6.92 Å². The lowest BCUT2D eigenvalue weighted by Crippen LogP contribution is -2.45. The number of nitrogens with one attached hydrogen (secondary N) is 2. The van der Waals surface area contributed by atoms with Crippen LogP contribution in [0.5, 0.6) is 0 Å². The van der Waals surface area contributed by atoms with Crippen molar-refractivity contribution in [2.24, 2.45) is 0 Å². The van der Waals surface area contributed by atoms with E-state index >= 15 is 0 Å². The van der Waals surface area contributed by atoms with Crippen LogP contribution in [-0.2, 0) is 11.2 Å². The van der Waals surface area contributed by atoms with Gasteiger partial charge >= 0.3 is 0 Å². The summed E-state index contributed by atoms with van der Waals surface area (Å²) in [4.78, 5) is 29.4. The zero-order chi connectivity index (χ0) is 17.1. The van der Waals surface area contributed by atoms with Crippen molar-refractivity contribution < 1.29 is 9.59 Å². The smallest absolute Gasteiger partial charge is 0.252 e. The van der Waals surface area contributed by atoms with Gasteiger partial charge in [0, 0.05) is 17.6 Å². The van der Waals surface area contributed by atoms with Crippen molar-refractivity contribution in [3.63, 3.8) is 0 Å². The van der Waals surface area contributed by atoms with E-state index in [1.807, 2.05) is 25.1 Å². The first-order valence-electron chi connectivity index (χ1n) is 8.57. The Morgan fingerprint density at radius 3 is 2.96 bits per heavy atom. The molecule has 5 nitrogen and oxygen atoms in total. The number of rotatable bonds is 3. The van der Waals surface area contributed by atoms with E-state index in [0.29, 0.717) is 18.5 Å². The first-order chi connectivity index (χ1) is 11.6. The molecule has 2 heterocycles. The Kier molecular flexibility index (Phi) is 4.79. The maximum absolute atomic E-state index is 12.8. The summed E-state index contributed by atoms with van der Waals surface area (Å²) in [6.07, 6.45) is 3.46. The molecule has 1 atom stereocenters. The topological polar surface area (TPSA) is 71.1 Å². The number of benzene rings is 1. The molecule has 0 unspecified atom stereocenters. The second-order valence-electron chi connectivity index (χ2n) is 6.33. The molecule has 0 radical (unpaired) electrons. The molecule has 5 heteroatoms. The van der Waals surface area contributed by atoms with Gasteiger partial charge in [-0.25, -0.2) is 0 Å². The molecule has 2 aromatic rings. The van der Waals surface area contributed by atoms with Crippen molar-refractivity contribution in [1.29, 1.82) is 0 Å². The Labute approximate surface area is 141 Å². The number of carbonyl (C=O) groups is 2. The minimum absolute atomic E-state index is 0.0924. The van der Waals surface area contributed by atoms with E-state index in [1.54, 1.807) is 6.07 Å². The highest BCUT2D eigenvalue weighted by atomic mass is 16.2. The van der Waals surface area contributed by atoms with Crippen molar-refractivity contribution in [3.8, 4) is 0 Å². The molecule has 2 amide bonds. The molecular formula is C19H23N3O2. The number of amides is 2. The van der Waals surface area contributed by atoms with Gasteiger partial charge in [-0.3, -0.25) is 14.6 Å². The van der Waals surface area contributed by atoms with Crippen LogP contribution in [0.1, 0.15) is 47.8 Å². The molecule has 0 bridgehead atoms. The third-order valence-corrected chi connectivity index (χ3v) is 4.49. The monoisotopic (exact) mass is 325 g/mol. The Bertz CT molecular complexity index is 786. The highest BCUT2D eigenvalue weighted by Crippen LogP contribution is 2.21. The van der Waals surface area contributed by atoms with Crippen molar-refractivity contribution in [1.82, 2.24) is 15.6 Å². The maximum Gasteiger partial charge on any atom is 0.252 e. The number of aryl methyl sites for hydroxylation is 2. The van der Waals surface area contributed by atoms with Gasteiger partial charge in [0.15, 0.2) is 0 Å². The molecule has 1 saturated heterocycles. The first-order valence-corrected chi connectivity index (χ1v) is 8.57. The zero-order valence-corrected chi connectivity index (χ0v) is 14.2. The molecule has 1 aliphatic rings. The van der Waals surface area contributed by atoms with E-state index in [1.165, 1.54) is 0 Å². The van der Waals surface area contributed by atoms with Crippen molar-refractivity contribution in [2.45, 2.75) is 45.6 Å². The SMILES string of the molecule is CCc1ccc2nc(C)cc(C(=O)N[C@H]3CCCCNC3=O)c2c1. The van der Waals surface area contributed by atoms with Crippen LogP contribution in [0.25, 0.3) is 10.9 Å². The van der Waals surface area contributed by atoms with Crippen LogP contribution < -0.4 is 10.6 Å². The fourth-order valence-corrected chi connectivity index (χ4v) is 3.13. The van der Waals surface area contributed by atoms with Crippen LogP contribution in [0.3, 0.4) is 0 Å². The molecule has 0 saturated carbocycles. The molecule has 0 aliphatic carbocycles. The fraction of sp³-hybridized carbons (Fsp3) is 0.421. The van der Waals surface area contributed by atoms with Gasteiger partial charge in [0.1, 0.15) is 6.04 Å². The van der Waals surface area contributed by atoms with Crippen LogP contribution in [0.15, 0.2) is 24.3 Å². The van der Waals surface area contributed by atoms with Crippen molar-refractivity contribution in [3.05, 3.63) is 41.1 Å². The number of pyridine rings is 1. The number of hydrogen-bond donors (Lipinski definition) is 2. The highest BCUT2D eigenvalue weighted by Gasteiger charge is 2.24. The molecule has 24 heavy (non-hydrogen) atoms. The van der Waals surface area contributed by atoms with E-state index in [-0.39, 0.29) is 11.8 Å². The summed E-state index contributed by atoms with van der Waals surface area (Å²) >= 11 is 0. The maximum atomic E-state index is 12.8. The fourth-order valence-electron chi connectivity index (χ4n) is 3.13. The van der Waals surface area contributed by atoms with Crippen LogP contribution in [0.4, 0.5) is 0 Å². The van der Waals surface area contributed by atoms with Gasteiger partial charge in [-0.2, -0.15) is 0 Å². The summed E-state index contributed by atoms with van der Waals surface area (Å²) in [5, 5.41) is 6.59. The summed E-state index contributed by atoms with van der Waals surface area (Å²) in [6.45, 7) is 4.64. The van der Waals surface area contributed by atoms with E-state index < -0.39 is 6.04 Å². The molecule has 1 aromatic heterocycles. The molecule has 0 spiro atoms. The summed E-state index contributed by atoms with van der Waals surface area (Å²) in [7, 11) is 0. The first kappa shape index (κ1) is 16.4. The number of carbonyl (C=O) groups excluding carboxylic acids is 2. The van der Waals surface area contributed by atoms with Crippen molar-refractivity contribution in [2.75, 3.05) is 6.54 Å². The molecule has 1 aliphatic heterocycles. The molecule has 2 N–H and O–H groups in total. The van der Waals surface area contributed by atoms with Gasteiger partial charge in [-0.15, -0.1) is 0 Å². The molecule has 1 aromatic carbocycles. The minimum atomic E-state index is -0.460. The Morgan fingerprint density at radius 2 is 2.17 bits per heavy atom. The number of aromatic nitrogens is 1. The van der Waals surface area contributed by atoms with Gasteiger partial charge in [-0.05, 0) is 56.4 Å². The average molecular weight is 325 g/mol. The molecular weight excluding hydrogens is 302 g/mol. The summed E-state index contributed by atoms with van der Waals surface area (Å²) in [5.74, 6) is -0.300. The van der Waals surface area contributed by atoms with Gasteiger partial charge in [0.2, 0.25) is 5.91 Å². The predicted octanol–water partition coefficient (Wildman–Crippen LogP) is 2.50. The lowest BCUT2D eigenvalue weighted by Gasteiger charge is -2.16. The minimum Gasteiger partial charge on any atom is -0.354 e. The summed E-state index contributed by atoms with van der Waals surface area (Å²) in [6, 6.07) is 7.35. The van der Waals surface area contributed by atoms with Crippen molar-refractivity contribution >= 4 is 22.7 Å². The quantitative estimate of drug-likeness (QED) is 0.911. The van der Waals surface area contributed by atoms with E-state index in [9.17, 15) is 9.59 Å². The third kappa shape index (κ3) is 3.40. The lowest BCUT2D eigenvalue weighted by molar-refractivity contribution is -0.122. The molecule has 1 fully saturated rings. The number of nitrogens with zero attached hydrogens (tertiary/aromatic N) is 1. The largest absolute Gasteiger partial charge is 0.354 e. The van der Waals surface area contributed by atoms with Gasteiger partial charge in [-0.1, -0.05) is 13.0 Å². The normalized spacial score (nSPS) is 18.1.